The van der Waals surface area contributed by atoms with Crippen molar-refractivity contribution in [2.75, 3.05) is 7.05 Å². The maximum absolute atomic E-state index is 6.14. The highest BCUT2D eigenvalue weighted by Crippen LogP contribution is 2.49. The van der Waals surface area contributed by atoms with Crippen molar-refractivity contribution in [3.63, 3.8) is 0 Å². The molecule has 0 fully saturated rings. The summed E-state index contributed by atoms with van der Waals surface area (Å²) in [6, 6.07) is 0. The zero-order valence-electron chi connectivity index (χ0n) is 8.97. The largest absolute Gasteiger partial charge is 0.348 e. The molecule has 0 aromatic heterocycles. The van der Waals surface area contributed by atoms with Gasteiger partial charge in [-0.1, -0.05) is 26.5 Å². The molecule has 2 heteroatoms. The molecule has 0 aromatic rings. The van der Waals surface area contributed by atoms with Crippen molar-refractivity contribution in [1.82, 2.24) is 4.90 Å². The Bertz CT molecular complexity index is 349. The van der Waals surface area contributed by atoms with Gasteiger partial charge in [0.25, 0.3) is 0 Å². The summed E-state index contributed by atoms with van der Waals surface area (Å²) in [5.74, 6) is 0. The molecule has 1 atom stereocenters. The van der Waals surface area contributed by atoms with Crippen LogP contribution in [-0.2, 0) is 0 Å². The Morgan fingerprint density at radius 3 is 2.86 bits per heavy atom. The summed E-state index contributed by atoms with van der Waals surface area (Å²) in [5, 5.41) is 0.146. The minimum atomic E-state index is 0.0714. The van der Waals surface area contributed by atoms with Gasteiger partial charge in [-0.05, 0) is 18.1 Å². The van der Waals surface area contributed by atoms with Crippen LogP contribution in [0.1, 0.15) is 20.3 Å². The molecule has 0 saturated carbocycles. The van der Waals surface area contributed by atoms with Crippen molar-refractivity contribution in [1.29, 1.82) is 0 Å². The van der Waals surface area contributed by atoms with E-state index < -0.39 is 0 Å². The first kappa shape index (κ1) is 9.85. The van der Waals surface area contributed by atoms with E-state index in [9.17, 15) is 0 Å². The lowest BCUT2D eigenvalue weighted by Crippen LogP contribution is -2.18. The highest BCUT2D eigenvalue weighted by Gasteiger charge is 2.40. The van der Waals surface area contributed by atoms with Crippen LogP contribution in [0.2, 0.25) is 0 Å². The molecule has 1 aliphatic carbocycles. The van der Waals surface area contributed by atoms with Crippen molar-refractivity contribution in [2.24, 2.45) is 5.41 Å². The summed E-state index contributed by atoms with van der Waals surface area (Å²) in [6.45, 7) is 8.58. The van der Waals surface area contributed by atoms with Gasteiger partial charge in [-0.3, -0.25) is 0 Å². The fourth-order valence-corrected chi connectivity index (χ4v) is 2.52. The van der Waals surface area contributed by atoms with Gasteiger partial charge in [-0.2, -0.15) is 0 Å². The zero-order chi connectivity index (χ0) is 10.5. The van der Waals surface area contributed by atoms with Gasteiger partial charge in [0.2, 0.25) is 0 Å². The molecular weight excluding hydrogens is 194 g/mol. The van der Waals surface area contributed by atoms with Gasteiger partial charge in [0, 0.05) is 23.9 Å². The highest BCUT2D eigenvalue weighted by molar-refractivity contribution is 6.22. The summed E-state index contributed by atoms with van der Waals surface area (Å²) in [7, 11) is 2.07. The van der Waals surface area contributed by atoms with Gasteiger partial charge in [0.1, 0.15) is 0 Å². The van der Waals surface area contributed by atoms with E-state index in [1.807, 2.05) is 0 Å². The Hall–Kier alpha value is -0.690. The van der Waals surface area contributed by atoms with Crippen molar-refractivity contribution >= 4 is 11.6 Å². The molecule has 1 heterocycles. The normalized spacial score (nSPS) is 29.9. The minimum Gasteiger partial charge on any atom is -0.348 e. The maximum Gasteiger partial charge on any atom is 0.0558 e. The molecule has 1 aliphatic heterocycles. The van der Waals surface area contributed by atoms with Crippen molar-refractivity contribution in [3.05, 3.63) is 35.7 Å². The van der Waals surface area contributed by atoms with Crippen LogP contribution in [0.25, 0.3) is 0 Å². The first-order valence-corrected chi connectivity index (χ1v) is 5.37. The lowest BCUT2D eigenvalue weighted by atomic mass is 9.80. The molecule has 0 amide bonds. The molecule has 0 spiro atoms. The molecule has 14 heavy (non-hydrogen) atoms. The van der Waals surface area contributed by atoms with Gasteiger partial charge in [0.05, 0.1) is 5.38 Å². The lowest BCUT2D eigenvalue weighted by Gasteiger charge is -2.25. The molecule has 0 aromatic carbocycles. The Kier molecular flexibility index (Phi) is 2.04. The van der Waals surface area contributed by atoms with Crippen LogP contribution in [0.3, 0.4) is 0 Å². The van der Waals surface area contributed by atoms with Crippen molar-refractivity contribution < 1.29 is 0 Å². The van der Waals surface area contributed by atoms with E-state index in [2.05, 4.69) is 44.5 Å². The van der Waals surface area contributed by atoms with Crippen LogP contribution in [0, 0.1) is 5.41 Å². The number of hydrogen-bond acceptors (Lipinski definition) is 1. The third kappa shape index (κ3) is 1.15. The molecule has 76 valence electrons. The van der Waals surface area contributed by atoms with Crippen molar-refractivity contribution in [2.45, 2.75) is 25.6 Å². The summed E-state index contributed by atoms with van der Waals surface area (Å²) < 4.78 is 0. The van der Waals surface area contributed by atoms with E-state index in [1.54, 1.807) is 0 Å². The fourth-order valence-electron chi connectivity index (χ4n) is 2.29. The molecule has 1 nitrogen and oxygen atoms in total. The van der Waals surface area contributed by atoms with Crippen LogP contribution in [-0.4, -0.2) is 17.3 Å². The van der Waals surface area contributed by atoms with Gasteiger partial charge in [-0.25, -0.2) is 0 Å². The van der Waals surface area contributed by atoms with E-state index in [-0.39, 0.29) is 10.8 Å². The SMILES string of the molecule is C=C1N(C)C2=C(CC(Cl)C=C2)C1(C)C. The average molecular weight is 210 g/mol. The molecule has 1 unspecified atom stereocenters. The third-order valence-electron chi connectivity index (χ3n) is 3.41. The first-order valence-electron chi connectivity index (χ1n) is 4.93. The predicted molar refractivity (Wildman–Crippen MR) is 61.1 cm³/mol. The van der Waals surface area contributed by atoms with Gasteiger partial charge >= 0.3 is 0 Å². The molecule has 2 aliphatic rings. The topological polar surface area (TPSA) is 3.24 Å². The fraction of sp³-hybridized carbons (Fsp3) is 0.500. The molecule has 0 saturated heterocycles. The smallest absolute Gasteiger partial charge is 0.0558 e. The van der Waals surface area contributed by atoms with E-state index in [0.29, 0.717) is 0 Å². The Morgan fingerprint density at radius 1 is 1.57 bits per heavy atom. The molecule has 0 N–H and O–H groups in total. The minimum absolute atomic E-state index is 0.0714. The van der Waals surface area contributed by atoms with Crippen LogP contribution in [0.15, 0.2) is 35.7 Å². The van der Waals surface area contributed by atoms with E-state index in [0.717, 1.165) is 12.1 Å². The second kappa shape index (κ2) is 2.90. The van der Waals surface area contributed by atoms with Crippen LogP contribution >= 0.6 is 11.6 Å². The monoisotopic (exact) mass is 209 g/mol. The van der Waals surface area contributed by atoms with Gasteiger partial charge < -0.3 is 4.90 Å². The van der Waals surface area contributed by atoms with E-state index in [1.165, 1.54) is 11.3 Å². The highest BCUT2D eigenvalue weighted by atomic mass is 35.5. The average Bonchev–Trinajstić information content (AvgIpc) is 2.29. The summed E-state index contributed by atoms with van der Waals surface area (Å²) >= 11 is 6.14. The van der Waals surface area contributed by atoms with Gasteiger partial charge in [-0.15, -0.1) is 11.6 Å². The van der Waals surface area contributed by atoms with Crippen molar-refractivity contribution in [3.8, 4) is 0 Å². The maximum atomic E-state index is 6.14. The Morgan fingerprint density at radius 2 is 2.21 bits per heavy atom. The number of rotatable bonds is 0. The van der Waals surface area contributed by atoms with E-state index in [4.69, 9.17) is 11.6 Å². The molecular formula is C12H16ClN. The van der Waals surface area contributed by atoms with Crippen LogP contribution in [0.4, 0.5) is 0 Å². The number of alkyl halides is 1. The lowest BCUT2D eigenvalue weighted by molar-refractivity contribution is 0.443. The number of halogens is 1. The Balaban J connectivity index is 2.48. The first-order chi connectivity index (χ1) is 6.44. The number of nitrogens with zero attached hydrogens (tertiary/aromatic N) is 1. The standard InChI is InChI=1S/C12H16ClN/c1-8-12(2,3)10-7-9(13)5-6-11(10)14(8)4/h5-6,9H,1,7H2,2-4H3. The number of likely N-dealkylation sites (N-methyl/N-ethyl adjacent to an activating group) is 1. The molecule has 0 bridgehead atoms. The predicted octanol–water partition coefficient (Wildman–Crippen LogP) is 3.29. The van der Waals surface area contributed by atoms with Gasteiger partial charge in [0.15, 0.2) is 0 Å². The number of hydrogen-bond donors (Lipinski definition) is 0. The summed E-state index contributed by atoms with van der Waals surface area (Å²) in [6.07, 6.45) is 5.13. The van der Waals surface area contributed by atoms with Crippen LogP contribution in [0.5, 0.6) is 0 Å². The summed E-state index contributed by atoms with van der Waals surface area (Å²) in [5.41, 5.74) is 3.95. The second-order valence-electron chi connectivity index (χ2n) is 4.57. The molecule has 0 radical (unpaired) electrons. The second-order valence-corrected chi connectivity index (χ2v) is 5.13. The number of allylic oxidation sites excluding steroid dienone is 3. The zero-order valence-corrected chi connectivity index (χ0v) is 9.73. The third-order valence-corrected chi connectivity index (χ3v) is 3.71. The quantitative estimate of drug-likeness (QED) is 0.554. The van der Waals surface area contributed by atoms with Crippen LogP contribution < -0.4 is 0 Å². The van der Waals surface area contributed by atoms with E-state index >= 15 is 0 Å². The Labute approximate surface area is 90.7 Å². The summed E-state index contributed by atoms with van der Waals surface area (Å²) in [4.78, 5) is 2.18. The molecule has 2 rings (SSSR count).